The van der Waals surface area contributed by atoms with Gasteiger partial charge in [0.15, 0.2) is 0 Å². The van der Waals surface area contributed by atoms with Crippen molar-refractivity contribution in [3.8, 4) is 0 Å². The van der Waals surface area contributed by atoms with Crippen LogP contribution in [0.3, 0.4) is 0 Å². The van der Waals surface area contributed by atoms with E-state index in [0.29, 0.717) is 5.03 Å². The predicted octanol–water partition coefficient (Wildman–Crippen LogP) is 3.96. The Morgan fingerprint density at radius 1 is 1.43 bits per heavy atom. The molecule has 3 heteroatoms. The standard InChI is InChI=1S/C11H14ClNS/c1-3-13-10-4-6-11(7-5-10)14-8-9(2)12/h4-7,13H,2-3,8H2,1H3. The van der Waals surface area contributed by atoms with Gasteiger partial charge < -0.3 is 5.32 Å². The minimum Gasteiger partial charge on any atom is -0.385 e. The highest BCUT2D eigenvalue weighted by Gasteiger charge is 1.95. The number of hydrogen-bond acceptors (Lipinski definition) is 2. The molecule has 0 heterocycles. The van der Waals surface area contributed by atoms with Gasteiger partial charge in [0.1, 0.15) is 0 Å². The summed E-state index contributed by atoms with van der Waals surface area (Å²) in [6, 6.07) is 8.32. The molecule has 1 aromatic rings. The van der Waals surface area contributed by atoms with Crippen LogP contribution in [-0.4, -0.2) is 12.3 Å². The maximum absolute atomic E-state index is 5.68. The Bertz CT molecular complexity index is 295. The largest absolute Gasteiger partial charge is 0.385 e. The summed E-state index contributed by atoms with van der Waals surface area (Å²) in [5, 5.41) is 3.93. The van der Waals surface area contributed by atoms with Crippen LogP contribution in [0.1, 0.15) is 6.92 Å². The van der Waals surface area contributed by atoms with Crippen LogP contribution in [0.25, 0.3) is 0 Å². The molecule has 0 spiro atoms. The molecule has 0 saturated carbocycles. The summed E-state index contributed by atoms with van der Waals surface area (Å²) in [7, 11) is 0. The van der Waals surface area contributed by atoms with Crippen LogP contribution < -0.4 is 5.32 Å². The minimum absolute atomic E-state index is 0.686. The number of rotatable bonds is 5. The van der Waals surface area contributed by atoms with Crippen LogP contribution in [-0.2, 0) is 0 Å². The molecule has 0 fully saturated rings. The van der Waals surface area contributed by atoms with E-state index in [1.807, 2.05) is 0 Å². The third-order valence-electron chi connectivity index (χ3n) is 1.63. The lowest BCUT2D eigenvalue weighted by molar-refractivity contribution is 1.21. The molecule has 0 aliphatic heterocycles. The molecule has 76 valence electrons. The first-order chi connectivity index (χ1) is 6.72. The lowest BCUT2D eigenvalue weighted by Crippen LogP contribution is -1.95. The fourth-order valence-corrected chi connectivity index (χ4v) is 1.85. The molecule has 0 bridgehead atoms. The van der Waals surface area contributed by atoms with E-state index < -0.39 is 0 Å². The summed E-state index contributed by atoms with van der Waals surface area (Å²) in [5.41, 5.74) is 1.15. The quantitative estimate of drug-likeness (QED) is 0.765. The number of benzene rings is 1. The fourth-order valence-electron chi connectivity index (χ4n) is 1.03. The summed E-state index contributed by atoms with van der Waals surface area (Å²) >= 11 is 7.38. The third kappa shape index (κ3) is 4.07. The molecule has 0 amide bonds. The highest BCUT2D eigenvalue weighted by atomic mass is 35.5. The summed E-state index contributed by atoms with van der Waals surface area (Å²) in [5.74, 6) is 0.766. The average molecular weight is 228 g/mol. The highest BCUT2D eigenvalue weighted by Crippen LogP contribution is 2.22. The zero-order chi connectivity index (χ0) is 10.4. The van der Waals surface area contributed by atoms with E-state index in [1.165, 1.54) is 4.90 Å². The lowest BCUT2D eigenvalue weighted by atomic mass is 10.3. The van der Waals surface area contributed by atoms with Gasteiger partial charge in [-0.3, -0.25) is 0 Å². The lowest BCUT2D eigenvalue weighted by Gasteiger charge is -2.04. The zero-order valence-corrected chi connectivity index (χ0v) is 9.79. The number of halogens is 1. The molecule has 0 saturated heterocycles. The summed E-state index contributed by atoms with van der Waals surface area (Å²) in [6.45, 7) is 6.68. The van der Waals surface area contributed by atoms with Crippen molar-refractivity contribution in [1.29, 1.82) is 0 Å². The van der Waals surface area contributed by atoms with Crippen LogP contribution >= 0.6 is 23.4 Å². The SMILES string of the molecule is C=C(Cl)CSc1ccc(NCC)cc1. The molecule has 0 atom stereocenters. The second kappa shape index (κ2) is 5.99. The van der Waals surface area contributed by atoms with Gasteiger partial charge in [-0.1, -0.05) is 18.2 Å². The van der Waals surface area contributed by atoms with Crippen LogP contribution in [0.5, 0.6) is 0 Å². The highest BCUT2D eigenvalue weighted by molar-refractivity contribution is 7.99. The normalized spacial score (nSPS) is 9.86. The van der Waals surface area contributed by atoms with Crippen molar-refractivity contribution in [3.05, 3.63) is 35.9 Å². The third-order valence-corrected chi connectivity index (χ3v) is 3.02. The van der Waals surface area contributed by atoms with Gasteiger partial charge in [-0.25, -0.2) is 0 Å². The Kier molecular flexibility index (Phi) is 4.91. The molecule has 1 N–H and O–H groups in total. The molecule has 0 aromatic heterocycles. The molecule has 0 aliphatic carbocycles. The van der Waals surface area contributed by atoms with E-state index in [1.54, 1.807) is 11.8 Å². The summed E-state index contributed by atoms with van der Waals surface area (Å²) < 4.78 is 0. The fraction of sp³-hybridized carbons (Fsp3) is 0.273. The summed E-state index contributed by atoms with van der Waals surface area (Å²) in [6.07, 6.45) is 0. The maximum Gasteiger partial charge on any atom is 0.0340 e. The van der Waals surface area contributed by atoms with Crippen molar-refractivity contribution in [2.45, 2.75) is 11.8 Å². The van der Waals surface area contributed by atoms with Crippen LogP contribution in [0, 0.1) is 0 Å². The van der Waals surface area contributed by atoms with Crippen molar-refractivity contribution in [2.24, 2.45) is 0 Å². The van der Waals surface area contributed by atoms with E-state index >= 15 is 0 Å². The van der Waals surface area contributed by atoms with Gasteiger partial charge in [0.25, 0.3) is 0 Å². The van der Waals surface area contributed by atoms with E-state index in [-0.39, 0.29) is 0 Å². The molecular formula is C11H14ClNS. The van der Waals surface area contributed by atoms with Gasteiger partial charge in [0.2, 0.25) is 0 Å². The Balaban J connectivity index is 2.50. The van der Waals surface area contributed by atoms with Gasteiger partial charge in [-0.05, 0) is 31.2 Å². The van der Waals surface area contributed by atoms with Crippen LogP contribution in [0.15, 0.2) is 40.8 Å². The van der Waals surface area contributed by atoms with Crippen molar-refractivity contribution in [2.75, 3.05) is 17.6 Å². The molecular weight excluding hydrogens is 214 g/mol. The first-order valence-electron chi connectivity index (χ1n) is 4.52. The Labute approximate surface area is 94.5 Å². The molecule has 1 nitrogen and oxygen atoms in total. The number of hydrogen-bond donors (Lipinski definition) is 1. The van der Waals surface area contributed by atoms with Crippen LogP contribution in [0.2, 0.25) is 0 Å². The van der Waals surface area contributed by atoms with E-state index in [0.717, 1.165) is 18.0 Å². The van der Waals surface area contributed by atoms with Crippen LogP contribution in [0.4, 0.5) is 5.69 Å². The second-order valence-corrected chi connectivity index (χ2v) is 4.44. The van der Waals surface area contributed by atoms with Gasteiger partial charge >= 0.3 is 0 Å². The number of anilines is 1. The molecule has 0 unspecified atom stereocenters. The summed E-state index contributed by atoms with van der Waals surface area (Å²) in [4.78, 5) is 1.22. The van der Waals surface area contributed by atoms with Gasteiger partial charge in [0, 0.05) is 27.9 Å². The first kappa shape index (κ1) is 11.5. The van der Waals surface area contributed by atoms with Crippen molar-refractivity contribution >= 4 is 29.1 Å². The molecule has 0 radical (unpaired) electrons. The molecule has 14 heavy (non-hydrogen) atoms. The molecule has 1 rings (SSSR count). The van der Waals surface area contributed by atoms with Crippen molar-refractivity contribution < 1.29 is 0 Å². The number of thioether (sulfide) groups is 1. The topological polar surface area (TPSA) is 12.0 Å². The van der Waals surface area contributed by atoms with E-state index in [9.17, 15) is 0 Å². The van der Waals surface area contributed by atoms with Crippen molar-refractivity contribution in [3.63, 3.8) is 0 Å². The number of nitrogens with one attached hydrogen (secondary N) is 1. The predicted molar refractivity (Wildman–Crippen MR) is 66.3 cm³/mol. The van der Waals surface area contributed by atoms with Gasteiger partial charge in [-0.2, -0.15) is 0 Å². The maximum atomic E-state index is 5.68. The van der Waals surface area contributed by atoms with E-state index in [4.69, 9.17) is 11.6 Å². The average Bonchev–Trinajstić information content (AvgIpc) is 2.17. The Hall–Kier alpha value is -0.600. The second-order valence-electron chi connectivity index (χ2n) is 2.86. The Morgan fingerprint density at radius 2 is 2.07 bits per heavy atom. The smallest absolute Gasteiger partial charge is 0.0340 e. The van der Waals surface area contributed by atoms with E-state index in [2.05, 4.69) is 43.1 Å². The molecule has 0 aliphatic rings. The zero-order valence-electron chi connectivity index (χ0n) is 8.22. The molecule has 1 aromatic carbocycles. The van der Waals surface area contributed by atoms with Gasteiger partial charge in [0.05, 0.1) is 0 Å². The van der Waals surface area contributed by atoms with Crippen molar-refractivity contribution in [1.82, 2.24) is 0 Å². The Morgan fingerprint density at radius 3 is 2.57 bits per heavy atom. The van der Waals surface area contributed by atoms with Gasteiger partial charge in [-0.15, -0.1) is 11.8 Å². The minimum atomic E-state index is 0.686. The first-order valence-corrected chi connectivity index (χ1v) is 5.88. The monoisotopic (exact) mass is 227 g/mol.